The van der Waals surface area contributed by atoms with Crippen molar-refractivity contribution in [2.24, 2.45) is 0 Å². The molecule has 3 aromatic heterocycles. The van der Waals surface area contributed by atoms with Crippen molar-refractivity contribution in [2.45, 2.75) is 13.5 Å². The molecule has 0 bridgehead atoms. The Morgan fingerprint density at radius 1 is 1.14 bits per heavy atom. The number of thiazole rings is 1. The van der Waals surface area contributed by atoms with Crippen LogP contribution in [0.1, 0.15) is 23.0 Å². The molecule has 0 atom stereocenters. The van der Waals surface area contributed by atoms with Crippen molar-refractivity contribution in [3.8, 4) is 11.5 Å². The lowest BCUT2D eigenvalue weighted by molar-refractivity contribution is -0.119. The standard InChI is InChI=1S/C20H15ClN4O3S/c1-11(26)22-9-14-4-6-17(28-14)16-10-29-20(24-16)25-19(27)13-2-5-15-12(8-13)3-7-18(21)23-15/h2-8,10H,9H2,1H3,(H,22,26)(H,24,25,27). The van der Waals surface area contributed by atoms with Crippen LogP contribution in [0, 0.1) is 0 Å². The van der Waals surface area contributed by atoms with Crippen molar-refractivity contribution in [2.75, 3.05) is 5.32 Å². The Balaban J connectivity index is 1.47. The Kier molecular flexibility index (Phi) is 5.28. The van der Waals surface area contributed by atoms with Crippen LogP contribution in [0.3, 0.4) is 0 Å². The SMILES string of the molecule is CC(=O)NCc1ccc(-c2csc(NC(=O)c3ccc4nc(Cl)ccc4c3)n2)o1. The molecule has 0 saturated heterocycles. The quantitative estimate of drug-likeness (QED) is 0.458. The van der Waals surface area contributed by atoms with Crippen LogP contribution in [0.15, 0.2) is 52.3 Å². The van der Waals surface area contributed by atoms with E-state index in [1.165, 1.54) is 18.3 Å². The van der Waals surface area contributed by atoms with Gasteiger partial charge in [0.1, 0.15) is 16.6 Å². The molecule has 0 spiro atoms. The molecule has 1 aromatic carbocycles. The summed E-state index contributed by atoms with van der Waals surface area (Å²) in [4.78, 5) is 32.2. The number of nitrogens with one attached hydrogen (secondary N) is 2. The molecular formula is C20H15ClN4O3S. The molecule has 0 aliphatic rings. The maximum atomic E-state index is 12.6. The van der Waals surface area contributed by atoms with Gasteiger partial charge in [-0.1, -0.05) is 11.6 Å². The zero-order valence-electron chi connectivity index (χ0n) is 15.2. The van der Waals surface area contributed by atoms with Gasteiger partial charge in [-0.3, -0.25) is 14.9 Å². The Morgan fingerprint density at radius 2 is 2.00 bits per heavy atom. The molecular weight excluding hydrogens is 412 g/mol. The first-order valence-corrected chi connectivity index (χ1v) is 9.90. The number of halogens is 1. The number of carbonyl (C=O) groups is 2. The van der Waals surface area contributed by atoms with Gasteiger partial charge in [-0.05, 0) is 42.5 Å². The third kappa shape index (κ3) is 4.44. The second-order valence-corrected chi connectivity index (χ2v) is 7.45. The molecule has 29 heavy (non-hydrogen) atoms. The average Bonchev–Trinajstić information content (AvgIpc) is 3.35. The molecule has 0 radical (unpaired) electrons. The van der Waals surface area contributed by atoms with Gasteiger partial charge in [0, 0.05) is 23.3 Å². The first-order chi connectivity index (χ1) is 14.0. The summed E-state index contributed by atoms with van der Waals surface area (Å²) < 4.78 is 5.68. The fraction of sp³-hybridized carbons (Fsp3) is 0.100. The van der Waals surface area contributed by atoms with Crippen LogP contribution < -0.4 is 10.6 Å². The Morgan fingerprint density at radius 3 is 2.83 bits per heavy atom. The van der Waals surface area contributed by atoms with Gasteiger partial charge in [0.05, 0.1) is 12.1 Å². The predicted octanol–water partition coefficient (Wildman–Crippen LogP) is 4.49. The molecule has 146 valence electrons. The Labute approximate surface area is 174 Å². The number of pyridine rings is 1. The Hall–Kier alpha value is -3.23. The summed E-state index contributed by atoms with van der Waals surface area (Å²) in [5.74, 6) is 0.789. The maximum absolute atomic E-state index is 12.6. The monoisotopic (exact) mass is 426 g/mol. The molecule has 4 aromatic rings. The van der Waals surface area contributed by atoms with Gasteiger partial charge >= 0.3 is 0 Å². The lowest BCUT2D eigenvalue weighted by atomic mass is 10.1. The van der Waals surface area contributed by atoms with E-state index in [0.717, 1.165) is 10.9 Å². The summed E-state index contributed by atoms with van der Waals surface area (Å²) in [6, 6.07) is 12.3. The number of fused-ring (bicyclic) bond motifs is 1. The van der Waals surface area contributed by atoms with Crippen LogP contribution >= 0.6 is 22.9 Å². The second-order valence-electron chi connectivity index (χ2n) is 6.21. The molecule has 2 amide bonds. The van der Waals surface area contributed by atoms with Gasteiger partial charge in [0.25, 0.3) is 5.91 Å². The van der Waals surface area contributed by atoms with Gasteiger partial charge in [-0.25, -0.2) is 9.97 Å². The molecule has 3 heterocycles. The molecule has 7 nitrogen and oxygen atoms in total. The summed E-state index contributed by atoms with van der Waals surface area (Å²) in [6.45, 7) is 1.76. The van der Waals surface area contributed by atoms with E-state index in [9.17, 15) is 9.59 Å². The first kappa shape index (κ1) is 19.1. The maximum Gasteiger partial charge on any atom is 0.257 e. The fourth-order valence-corrected chi connectivity index (χ4v) is 3.53. The number of amides is 2. The van der Waals surface area contributed by atoms with Crippen molar-refractivity contribution < 1.29 is 14.0 Å². The predicted molar refractivity (Wildman–Crippen MR) is 112 cm³/mol. The summed E-state index contributed by atoms with van der Waals surface area (Å²) in [6.07, 6.45) is 0. The van der Waals surface area contributed by atoms with Crippen LogP contribution in [0.2, 0.25) is 5.15 Å². The molecule has 0 fully saturated rings. The number of benzene rings is 1. The smallest absolute Gasteiger partial charge is 0.257 e. The molecule has 4 rings (SSSR count). The number of aromatic nitrogens is 2. The molecule has 0 saturated carbocycles. The normalized spacial score (nSPS) is 10.8. The minimum absolute atomic E-state index is 0.130. The summed E-state index contributed by atoms with van der Waals surface area (Å²) >= 11 is 7.19. The molecule has 0 unspecified atom stereocenters. The minimum atomic E-state index is -0.270. The number of anilines is 1. The van der Waals surface area contributed by atoms with Crippen molar-refractivity contribution in [3.05, 3.63) is 64.3 Å². The van der Waals surface area contributed by atoms with E-state index in [2.05, 4.69) is 20.6 Å². The van der Waals surface area contributed by atoms with Crippen LogP contribution in [0.5, 0.6) is 0 Å². The number of hydrogen-bond donors (Lipinski definition) is 2. The number of nitrogens with zero attached hydrogens (tertiary/aromatic N) is 2. The van der Waals surface area contributed by atoms with Gasteiger partial charge in [-0.15, -0.1) is 11.3 Å². The van der Waals surface area contributed by atoms with Crippen molar-refractivity contribution in [1.82, 2.24) is 15.3 Å². The third-order valence-electron chi connectivity index (χ3n) is 4.07. The van der Waals surface area contributed by atoms with Gasteiger partial charge in [0.2, 0.25) is 5.91 Å². The molecule has 0 aliphatic heterocycles. The zero-order chi connectivity index (χ0) is 20.4. The summed E-state index contributed by atoms with van der Waals surface area (Å²) in [7, 11) is 0. The van der Waals surface area contributed by atoms with E-state index in [1.807, 2.05) is 6.07 Å². The topological polar surface area (TPSA) is 97.1 Å². The minimum Gasteiger partial charge on any atom is -0.458 e. The molecule has 9 heteroatoms. The van der Waals surface area contributed by atoms with Gasteiger partial charge in [0.15, 0.2) is 10.9 Å². The van der Waals surface area contributed by atoms with Crippen molar-refractivity contribution in [1.29, 1.82) is 0 Å². The van der Waals surface area contributed by atoms with E-state index in [4.69, 9.17) is 16.0 Å². The van der Waals surface area contributed by atoms with E-state index in [-0.39, 0.29) is 11.8 Å². The van der Waals surface area contributed by atoms with Gasteiger partial charge < -0.3 is 9.73 Å². The summed E-state index contributed by atoms with van der Waals surface area (Å²) in [5, 5.41) is 8.95. The highest BCUT2D eigenvalue weighted by Gasteiger charge is 2.13. The first-order valence-electron chi connectivity index (χ1n) is 8.64. The Bertz CT molecular complexity index is 1220. The number of rotatable bonds is 5. The second kappa shape index (κ2) is 8.02. The average molecular weight is 427 g/mol. The van der Waals surface area contributed by atoms with Crippen LogP contribution in [0.4, 0.5) is 5.13 Å². The van der Waals surface area contributed by atoms with Crippen LogP contribution in [-0.2, 0) is 11.3 Å². The third-order valence-corrected chi connectivity index (χ3v) is 5.04. The van der Waals surface area contributed by atoms with Crippen molar-refractivity contribution >= 4 is 50.8 Å². The molecule has 2 N–H and O–H groups in total. The highest BCUT2D eigenvalue weighted by atomic mass is 35.5. The molecule has 0 aliphatic carbocycles. The fourth-order valence-electron chi connectivity index (χ4n) is 2.68. The van der Waals surface area contributed by atoms with Gasteiger partial charge in [-0.2, -0.15) is 0 Å². The largest absolute Gasteiger partial charge is 0.458 e. The lowest BCUT2D eigenvalue weighted by Crippen LogP contribution is -2.18. The van der Waals surface area contributed by atoms with E-state index >= 15 is 0 Å². The van der Waals surface area contributed by atoms with E-state index < -0.39 is 0 Å². The van der Waals surface area contributed by atoms with Crippen LogP contribution in [0.25, 0.3) is 22.4 Å². The zero-order valence-corrected chi connectivity index (χ0v) is 16.8. The van der Waals surface area contributed by atoms with Crippen molar-refractivity contribution in [3.63, 3.8) is 0 Å². The highest BCUT2D eigenvalue weighted by Crippen LogP contribution is 2.27. The number of furan rings is 1. The lowest BCUT2D eigenvalue weighted by Gasteiger charge is -2.04. The number of carbonyl (C=O) groups excluding carboxylic acids is 2. The van der Waals surface area contributed by atoms with Crippen LogP contribution in [-0.4, -0.2) is 21.8 Å². The van der Waals surface area contributed by atoms with E-state index in [0.29, 0.717) is 39.6 Å². The van der Waals surface area contributed by atoms with E-state index in [1.54, 1.807) is 41.8 Å². The highest BCUT2D eigenvalue weighted by molar-refractivity contribution is 7.14. The summed E-state index contributed by atoms with van der Waals surface area (Å²) in [5.41, 5.74) is 1.82. The number of hydrogen-bond acceptors (Lipinski definition) is 6.